The Morgan fingerprint density at radius 3 is 2.32 bits per heavy atom. The molecule has 2 fully saturated rings. The second-order valence-corrected chi connectivity index (χ2v) is 7.27. The van der Waals surface area contributed by atoms with E-state index in [1.165, 1.54) is 63.2 Å². The van der Waals surface area contributed by atoms with Gasteiger partial charge in [0.1, 0.15) is 0 Å². The van der Waals surface area contributed by atoms with Gasteiger partial charge >= 0.3 is 0 Å². The summed E-state index contributed by atoms with van der Waals surface area (Å²) in [4.78, 5) is 2.70. The molecule has 0 radical (unpaired) electrons. The fraction of sp³-hybridized carbons (Fsp3) is 0.750. The van der Waals surface area contributed by atoms with Gasteiger partial charge in [-0.15, -0.1) is 0 Å². The van der Waals surface area contributed by atoms with Gasteiger partial charge in [0.25, 0.3) is 0 Å². The Hall–Kier alpha value is -0.410. The largest absolute Gasteiger partial charge is 0.351 e. The minimum Gasteiger partial charge on any atom is -0.351 e. The third-order valence-corrected chi connectivity index (χ3v) is 5.85. The predicted molar refractivity (Wildman–Crippen MR) is 83.8 cm³/mol. The van der Waals surface area contributed by atoms with Crippen LogP contribution in [0.5, 0.6) is 0 Å². The normalized spacial score (nSPS) is 23.8. The smallest absolute Gasteiger partial charge is 0.0355 e. The van der Waals surface area contributed by atoms with Gasteiger partial charge in [0, 0.05) is 31.5 Å². The minimum atomic E-state index is 0.748. The molecule has 2 nitrogen and oxygen atoms in total. The summed E-state index contributed by atoms with van der Waals surface area (Å²) < 4.78 is 2.40. The summed E-state index contributed by atoms with van der Waals surface area (Å²) >= 11 is 2.14. The van der Waals surface area contributed by atoms with Crippen molar-refractivity contribution in [3.63, 3.8) is 0 Å². The summed E-state index contributed by atoms with van der Waals surface area (Å²) in [5.74, 6) is 3.82. The molecule has 0 unspecified atom stereocenters. The number of rotatable bonds is 4. The van der Waals surface area contributed by atoms with Gasteiger partial charge in [-0.1, -0.05) is 0 Å². The van der Waals surface area contributed by atoms with Crippen LogP contribution in [0.4, 0.5) is 0 Å². The molecule has 1 aromatic heterocycles. The molecule has 1 aromatic rings. The lowest BCUT2D eigenvalue weighted by molar-refractivity contribution is 0.174. The van der Waals surface area contributed by atoms with Crippen LogP contribution >= 0.6 is 11.8 Å². The highest BCUT2D eigenvalue weighted by Crippen LogP contribution is 2.27. The molecule has 0 bridgehead atoms. The molecule has 0 aliphatic carbocycles. The van der Waals surface area contributed by atoms with Gasteiger partial charge in [0.2, 0.25) is 0 Å². The first-order valence-electron chi connectivity index (χ1n) is 7.84. The molecule has 0 amide bonds. The van der Waals surface area contributed by atoms with Gasteiger partial charge in [-0.3, -0.25) is 0 Å². The van der Waals surface area contributed by atoms with Crippen LogP contribution in [0.3, 0.4) is 0 Å². The van der Waals surface area contributed by atoms with Crippen LogP contribution in [-0.4, -0.2) is 40.6 Å². The van der Waals surface area contributed by atoms with Crippen LogP contribution in [0.15, 0.2) is 24.5 Å². The quantitative estimate of drug-likeness (QED) is 0.830. The maximum Gasteiger partial charge on any atom is 0.0355 e. The highest BCUT2D eigenvalue weighted by atomic mass is 32.2. The average molecular weight is 278 g/mol. The van der Waals surface area contributed by atoms with Crippen molar-refractivity contribution in [1.29, 1.82) is 0 Å². The molecule has 0 aromatic carbocycles. The van der Waals surface area contributed by atoms with Gasteiger partial charge in [0.15, 0.2) is 0 Å². The highest BCUT2D eigenvalue weighted by molar-refractivity contribution is 7.99. The lowest BCUT2D eigenvalue weighted by atomic mass is 9.97. The number of aromatic nitrogens is 1. The molecule has 3 rings (SSSR count). The topological polar surface area (TPSA) is 8.17 Å². The van der Waals surface area contributed by atoms with Crippen molar-refractivity contribution in [3.8, 4) is 0 Å². The lowest BCUT2D eigenvalue weighted by Crippen LogP contribution is -2.35. The molecule has 0 N–H and O–H groups in total. The summed E-state index contributed by atoms with van der Waals surface area (Å²) in [5, 5.41) is 0. The zero-order chi connectivity index (χ0) is 12.9. The molecule has 2 aliphatic heterocycles. The molecular weight excluding hydrogens is 252 g/mol. The fourth-order valence-electron chi connectivity index (χ4n) is 3.43. The van der Waals surface area contributed by atoms with Crippen molar-refractivity contribution in [2.75, 3.05) is 31.1 Å². The first-order chi connectivity index (χ1) is 9.42. The number of piperidine rings is 1. The maximum absolute atomic E-state index is 2.70. The Balaban J connectivity index is 1.38. The number of likely N-dealkylation sites (tertiary alicyclic amines) is 1. The van der Waals surface area contributed by atoms with Crippen molar-refractivity contribution in [3.05, 3.63) is 24.5 Å². The third-order valence-electron chi connectivity index (χ3n) is 4.80. The molecule has 0 atom stereocenters. The first-order valence-corrected chi connectivity index (χ1v) is 9.00. The van der Waals surface area contributed by atoms with E-state index in [0.717, 1.165) is 12.0 Å². The van der Waals surface area contributed by atoms with Crippen LogP contribution in [0, 0.1) is 5.92 Å². The molecular formula is C16H26N2S. The minimum absolute atomic E-state index is 0.748. The second-order valence-electron chi connectivity index (χ2n) is 6.05. The number of hydrogen-bond donors (Lipinski definition) is 0. The molecule has 2 aliphatic rings. The van der Waals surface area contributed by atoms with Crippen LogP contribution < -0.4 is 0 Å². The molecule has 19 heavy (non-hydrogen) atoms. The highest BCUT2D eigenvalue weighted by Gasteiger charge is 2.21. The van der Waals surface area contributed by atoms with Crippen molar-refractivity contribution in [2.24, 2.45) is 5.92 Å². The second kappa shape index (κ2) is 6.85. The average Bonchev–Trinajstić information content (AvgIpc) is 3.01. The van der Waals surface area contributed by atoms with E-state index in [1.54, 1.807) is 0 Å². The Morgan fingerprint density at radius 1 is 0.947 bits per heavy atom. The Kier molecular flexibility index (Phi) is 4.89. The monoisotopic (exact) mass is 278 g/mol. The fourth-order valence-corrected chi connectivity index (χ4v) is 4.64. The summed E-state index contributed by atoms with van der Waals surface area (Å²) in [6.45, 7) is 3.93. The SMILES string of the molecule is c1ccn(C2CCN(CCC3CCSCC3)CC2)c1. The molecule has 0 spiro atoms. The van der Waals surface area contributed by atoms with E-state index in [2.05, 4.69) is 45.8 Å². The zero-order valence-electron chi connectivity index (χ0n) is 11.8. The van der Waals surface area contributed by atoms with Gasteiger partial charge in [-0.05, 0) is 68.2 Å². The summed E-state index contributed by atoms with van der Waals surface area (Å²) in [6, 6.07) is 5.04. The Morgan fingerprint density at radius 2 is 1.63 bits per heavy atom. The molecule has 106 valence electrons. The lowest BCUT2D eigenvalue weighted by Gasteiger charge is -2.34. The van der Waals surface area contributed by atoms with E-state index < -0.39 is 0 Å². The standard InChI is InChI=1S/C16H26N2S/c1-2-9-18(8-1)16-4-11-17(12-5-16)10-3-15-6-13-19-14-7-15/h1-2,8-9,15-16H,3-7,10-14H2. The van der Waals surface area contributed by atoms with Gasteiger partial charge in [0.05, 0.1) is 0 Å². The Bertz CT molecular complexity index is 349. The van der Waals surface area contributed by atoms with Gasteiger partial charge < -0.3 is 9.47 Å². The zero-order valence-corrected chi connectivity index (χ0v) is 12.7. The third kappa shape index (κ3) is 3.79. The summed E-state index contributed by atoms with van der Waals surface area (Å²) in [7, 11) is 0. The van der Waals surface area contributed by atoms with Crippen LogP contribution in [0.25, 0.3) is 0 Å². The summed E-state index contributed by atoms with van der Waals surface area (Å²) in [5.41, 5.74) is 0. The number of hydrogen-bond acceptors (Lipinski definition) is 2. The van der Waals surface area contributed by atoms with E-state index in [-0.39, 0.29) is 0 Å². The van der Waals surface area contributed by atoms with Crippen LogP contribution in [0.2, 0.25) is 0 Å². The number of thioether (sulfide) groups is 1. The maximum atomic E-state index is 2.70. The van der Waals surface area contributed by atoms with E-state index in [4.69, 9.17) is 0 Å². The number of nitrogens with zero attached hydrogens (tertiary/aromatic N) is 2. The Labute approximate surface area is 121 Å². The van der Waals surface area contributed by atoms with Crippen molar-refractivity contribution >= 4 is 11.8 Å². The van der Waals surface area contributed by atoms with Crippen molar-refractivity contribution < 1.29 is 0 Å². The molecule has 2 saturated heterocycles. The van der Waals surface area contributed by atoms with E-state index in [1.807, 2.05) is 0 Å². The van der Waals surface area contributed by atoms with Crippen molar-refractivity contribution in [2.45, 2.75) is 38.1 Å². The molecule has 3 heteroatoms. The van der Waals surface area contributed by atoms with E-state index in [9.17, 15) is 0 Å². The van der Waals surface area contributed by atoms with Crippen molar-refractivity contribution in [1.82, 2.24) is 9.47 Å². The molecule has 3 heterocycles. The summed E-state index contributed by atoms with van der Waals surface area (Å²) in [6.07, 6.45) is 11.5. The first kappa shape index (κ1) is 13.6. The van der Waals surface area contributed by atoms with E-state index >= 15 is 0 Å². The molecule has 0 saturated carbocycles. The van der Waals surface area contributed by atoms with Gasteiger partial charge in [-0.25, -0.2) is 0 Å². The van der Waals surface area contributed by atoms with Crippen LogP contribution in [-0.2, 0) is 0 Å². The van der Waals surface area contributed by atoms with E-state index in [0.29, 0.717) is 0 Å². The predicted octanol–water partition coefficient (Wildman–Crippen LogP) is 3.66. The van der Waals surface area contributed by atoms with Gasteiger partial charge in [-0.2, -0.15) is 11.8 Å². The van der Waals surface area contributed by atoms with Crippen LogP contribution in [0.1, 0.15) is 38.1 Å².